The van der Waals surface area contributed by atoms with E-state index >= 15 is 0 Å². The number of aryl methyl sites for hydroxylation is 1. The molecule has 0 spiro atoms. The van der Waals surface area contributed by atoms with Gasteiger partial charge in [-0.2, -0.15) is 5.26 Å². The first-order valence-electron chi connectivity index (χ1n) is 5.74. The SMILES string of the molecule is CCOC(=O)CC(=O)CSc1nc(C)ccc1C#N. The largest absolute Gasteiger partial charge is 0.466 e. The molecule has 1 heterocycles. The molecule has 19 heavy (non-hydrogen) atoms. The molecular formula is C13H14N2O3S. The van der Waals surface area contributed by atoms with Gasteiger partial charge >= 0.3 is 5.97 Å². The van der Waals surface area contributed by atoms with Crippen LogP contribution in [0.5, 0.6) is 0 Å². The lowest BCUT2D eigenvalue weighted by atomic mass is 10.3. The molecule has 0 bridgehead atoms. The molecule has 5 nitrogen and oxygen atoms in total. The van der Waals surface area contributed by atoms with Crippen LogP contribution in [0.3, 0.4) is 0 Å². The molecule has 6 heteroatoms. The normalized spacial score (nSPS) is 9.74. The van der Waals surface area contributed by atoms with Crippen molar-refractivity contribution in [3.05, 3.63) is 23.4 Å². The van der Waals surface area contributed by atoms with E-state index in [0.717, 1.165) is 17.5 Å². The zero-order chi connectivity index (χ0) is 14.3. The van der Waals surface area contributed by atoms with E-state index in [4.69, 9.17) is 10.00 Å². The van der Waals surface area contributed by atoms with Crippen molar-refractivity contribution in [2.24, 2.45) is 0 Å². The summed E-state index contributed by atoms with van der Waals surface area (Å²) in [6.45, 7) is 3.76. The standard InChI is InChI=1S/C13H14N2O3S/c1-3-18-12(17)6-11(16)8-19-13-10(7-14)5-4-9(2)15-13/h4-5H,3,6,8H2,1-2H3. The fourth-order valence-electron chi connectivity index (χ4n) is 1.30. The second-order valence-electron chi connectivity index (χ2n) is 3.73. The number of carbonyl (C=O) groups excluding carboxylic acids is 2. The Labute approximate surface area is 116 Å². The van der Waals surface area contributed by atoms with Crippen molar-refractivity contribution in [2.45, 2.75) is 25.3 Å². The predicted molar refractivity (Wildman–Crippen MR) is 70.7 cm³/mol. The lowest BCUT2D eigenvalue weighted by molar-refractivity contribution is -0.145. The molecule has 100 valence electrons. The summed E-state index contributed by atoms with van der Waals surface area (Å²) in [6, 6.07) is 5.43. The number of carbonyl (C=O) groups is 2. The van der Waals surface area contributed by atoms with Gasteiger partial charge in [0.1, 0.15) is 17.5 Å². The average Bonchev–Trinajstić information content (AvgIpc) is 2.36. The number of ketones is 1. The summed E-state index contributed by atoms with van der Waals surface area (Å²) in [5.41, 5.74) is 1.21. The lowest BCUT2D eigenvalue weighted by Crippen LogP contribution is -2.12. The first-order valence-corrected chi connectivity index (χ1v) is 6.73. The zero-order valence-corrected chi connectivity index (χ0v) is 11.6. The van der Waals surface area contributed by atoms with Crippen molar-refractivity contribution >= 4 is 23.5 Å². The number of rotatable bonds is 6. The Bertz CT molecular complexity index is 523. The van der Waals surface area contributed by atoms with Crippen LogP contribution in [0.1, 0.15) is 24.6 Å². The molecule has 0 aliphatic carbocycles. The fourth-order valence-corrected chi connectivity index (χ4v) is 2.18. The van der Waals surface area contributed by atoms with E-state index in [1.807, 2.05) is 13.0 Å². The molecule has 0 saturated heterocycles. The topological polar surface area (TPSA) is 80.1 Å². The van der Waals surface area contributed by atoms with E-state index in [1.54, 1.807) is 19.1 Å². The molecule has 0 aliphatic heterocycles. The highest BCUT2D eigenvalue weighted by molar-refractivity contribution is 8.00. The molecule has 0 N–H and O–H groups in total. The molecule has 0 fully saturated rings. The van der Waals surface area contributed by atoms with Crippen LogP contribution in [0.25, 0.3) is 0 Å². The summed E-state index contributed by atoms with van der Waals surface area (Å²) in [7, 11) is 0. The van der Waals surface area contributed by atoms with E-state index in [1.165, 1.54) is 0 Å². The predicted octanol–water partition coefficient (Wildman–Crippen LogP) is 1.88. The van der Waals surface area contributed by atoms with E-state index < -0.39 is 5.97 Å². The van der Waals surface area contributed by atoms with E-state index in [9.17, 15) is 9.59 Å². The zero-order valence-electron chi connectivity index (χ0n) is 10.8. The average molecular weight is 278 g/mol. The van der Waals surface area contributed by atoms with Gasteiger partial charge in [0.25, 0.3) is 0 Å². The van der Waals surface area contributed by atoms with Gasteiger partial charge in [0.05, 0.1) is 17.9 Å². The summed E-state index contributed by atoms with van der Waals surface area (Å²) >= 11 is 1.16. The van der Waals surface area contributed by atoms with Crippen LogP contribution in [0.2, 0.25) is 0 Å². The van der Waals surface area contributed by atoms with Crippen molar-refractivity contribution in [3.8, 4) is 6.07 Å². The van der Waals surface area contributed by atoms with Crippen LogP contribution < -0.4 is 0 Å². The molecule has 0 aromatic carbocycles. The summed E-state index contributed by atoms with van der Waals surface area (Å²) in [6.07, 6.45) is -0.242. The second-order valence-corrected chi connectivity index (χ2v) is 4.69. The molecule has 1 rings (SSSR count). The molecule has 0 aliphatic rings. The fraction of sp³-hybridized carbons (Fsp3) is 0.385. The number of nitrogens with zero attached hydrogens (tertiary/aromatic N) is 2. The number of thioether (sulfide) groups is 1. The highest BCUT2D eigenvalue weighted by Crippen LogP contribution is 2.20. The van der Waals surface area contributed by atoms with Gasteiger partial charge in [-0.05, 0) is 26.0 Å². The van der Waals surface area contributed by atoms with Gasteiger partial charge < -0.3 is 4.74 Å². The highest BCUT2D eigenvalue weighted by Gasteiger charge is 2.12. The number of esters is 1. The Morgan fingerprint density at radius 1 is 1.47 bits per heavy atom. The summed E-state index contributed by atoms with van der Waals surface area (Å²) < 4.78 is 4.69. The minimum absolute atomic E-state index is 0.101. The van der Waals surface area contributed by atoms with Gasteiger partial charge in [-0.15, -0.1) is 0 Å². The Hall–Kier alpha value is -1.87. The van der Waals surface area contributed by atoms with Crippen LogP contribution in [0.15, 0.2) is 17.2 Å². The molecular weight excluding hydrogens is 264 g/mol. The van der Waals surface area contributed by atoms with E-state index in [2.05, 4.69) is 4.98 Å². The van der Waals surface area contributed by atoms with Gasteiger partial charge in [-0.25, -0.2) is 4.98 Å². The van der Waals surface area contributed by atoms with Crippen LogP contribution in [-0.2, 0) is 14.3 Å². The molecule has 0 amide bonds. The number of Topliss-reactive ketones (excluding diaryl/α,β-unsaturated/α-hetero) is 1. The quantitative estimate of drug-likeness (QED) is 0.449. The van der Waals surface area contributed by atoms with Crippen molar-refractivity contribution < 1.29 is 14.3 Å². The first kappa shape index (κ1) is 15.2. The van der Waals surface area contributed by atoms with Gasteiger partial charge in [0, 0.05) is 5.69 Å². The Kier molecular flexibility index (Phi) is 6.03. The molecule has 0 atom stereocenters. The minimum atomic E-state index is -0.522. The third-order valence-corrected chi connectivity index (χ3v) is 3.19. The van der Waals surface area contributed by atoms with Crippen molar-refractivity contribution in [2.75, 3.05) is 12.4 Å². The molecule has 1 aromatic rings. The van der Waals surface area contributed by atoms with Crippen molar-refractivity contribution in [1.82, 2.24) is 4.98 Å². The third-order valence-electron chi connectivity index (χ3n) is 2.14. The van der Waals surface area contributed by atoms with Gasteiger partial charge in [0.2, 0.25) is 0 Å². The summed E-state index contributed by atoms with van der Waals surface area (Å²) in [5.74, 6) is -0.661. The first-order chi connectivity index (χ1) is 9.06. The number of nitriles is 1. The van der Waals surface area contributed by atoms with Crippen LogP contribution in [-0.4, -0.2) is 29.1 Å². The van der Waals surface area contributed by atoms with Crippen molar-refractivity contribution in [1.29, 1.82) is 5.26 Å². The maximum atomic E-state index is 11.6. The monoisotopic (exact) mass is 278 g/mol. The molecule has 0 saturated carbocycles. The van der Waals surface area contributed by atoms with Crippen LogP contribution in [0.4, 0.5) is 0 Å². The molecule has 0 unspecified atom stereocenters. The Morgan fingerprint density at radius 2 is 2.21 bits per heavy atom. The summed E-state index contributed by atoms with van der Waals surface area (Å²) in [5, 5.41) is 9.44. The van der Waals surface area contributed by atoms with E-state index in [0.29, 0.717) is 10.6 Å². The number of pyridine rings is 1. The van der Waals surface area contributed by atoms with Crippen LogP contribution >= 0.6 is 11.8 Å². The number of hydrogen-bond donors (Lipinski definition) is 0. The van der Waals surface area contributed by atoms with Gasteiger partial charge in [-0.3, -0.25) is 9.59 Å². The van der Waals surface area contributed by atoms with Crippen molar-refractivity contribution in [3.63, 3.8) is 0 Å². The molecule has 0 radical (unpaired) electrons. The van der Waals surface area contributed by atoms with E-state index in [-0.39, 0.29) is 24.6 Å². The molecule has 1 aromatic heterocycles. The highest BCUT2D eigenvalue weighted by atomic mass is 32.2. The summed E-state index contributed by atoms with van der Waals surface area (Å²) in [4.78, 5) is 26.9. The lowest BCUT2D eigenvalue weighted by Gasteiger charge is -2.04. The number of ether oxygens (including phenoxy) is 1. The maximum Gasteiger partial charge on any atom is 0.313 e. The van der Waals surface area contributed by atoms with Crippen LogP contribution in [0, 0.1) is 18.3 Å². The van der Waals surface area contributed by atoms with Gasteiger partial charge in [0.15, 0.2) is 5.78 Å². The number of hydrogen-bond acceptors (Lipinski definition) is 6. The Balaban J connectivity index is 2.57. The third kappa shape index (κ3) is 5.10. The van der Waals surface area contributed by atoms with Gasteiger partial charge in [-0.1, -0.05) is 11.8 Å². The smallest absolute Gasteiger partial charge is 0.313 e. The minimum Gasteiger partial charge on any atom is -0.466 e. The Morgan fingerprint density at radius 3 is 2.84 bits per heavy atom. The number of aromatic nitrogens is 1. The maximum absolute atomic E-state index is 11.6. The second kappa shape index (κ2) is 7.54.